The first kappa shape index (κ1) is 10.0. The summed E-state index contributed by atoms with van der Waals surface area (Å²) >= 11 is 0. The molecule has 0 spiro atoms. The van der Waals surface area contributed by atoms with Gasteiger partial charge >= 0.3 is 5.97 Å². The molecule has 1 heterocycles. The third kappa shape index (κ3) is 1.69. The van der Waals surface area contributed by atoms with E-state index in [9.17, 15) is 4.79 Å². The Morgan fingerprint density at radius 1 is 1.33 bits per heavy atom. The molecule has 1 aromatic rings. The highest BCUT2D eigenvalue weighted by Crippen LogP contribution is 2.25. The predicted octanol–water partition coefficient (Wildman–Crippen LogP) is 2.20. The van der Waals surface area contributed by atoms with Gasteiger partial charge in [0.25, 0.3) is 0 Å². The Kier molecular flexibility index (Phi) is 2.62. The molecule has 0 fully saturated rings. The van der Waals surface area contributed by atoms with Gasteiger partial charge in [-0.2, -0.15) is 0 Å². The lowest BCUT2D eigenvalue weighted by Gasteiger charge is -2.21. The molecule has 0 aromatic heterocycles. The highest BCUT2D eigenvalue weighted by molar-refractivity contribution is 5.93. The zero-order valence-electron chi connectivity index (χ0n) is 9.12. The van der Waals surface area contributed by atoms with E-state index in [1.165, 1.54) is 0 Å². The number of carbonyl (C=O) groups excluding carboxylic acids is 1. The monoisotopic (exact) mass is 205 g/mol. The number of hydrogen-bond acceptors (Lipinski definition) is 3. The van der Waals surface area contributed by atoms with E-state index in [0.29, 0.717) is 12.2 Å². The molecule has 80 valence electrons. The van der Waals surface area contributed by atoms with E-state index in [4.69, 9.17) is 4.74 Å². The second-order valence-electron chi connectivity index (χ2n) is 3.59. The van der Waals surface area contributed by atoms with Gasteiger partial charge < -0.3 is 9.64 Å². The summed E-state index contributed by atoms with van der Waals surface area (Å²) in [5, 5.41) is 0. The number of nitrogens with zero attached hydrogens (tertiary/aromatic N) is 1. The van der Waals surface area contributed by atoms with Gasteiger partial charge in [0, 0.05) is 24.3 Å². The van der Waals surface area contributed by atoms with Crippen molar-refractivity contribution >= 4 is 11.7 Å². The lowest BCUT2D eigenvalue weighted by molar-refractivity contribution is 0.0535. The lowest BCUT2D eigenvalue weighted by atomic mass is 10.1. The predicted molar refractivity (Wildman–Crippen MR) is 59.1 cm³/mol. The Bertz CT molecular complexity index is 383. The van der Waals surface area contributed by atoms with Gasteiger partial charge in [0.1, 0.15) is 6.61 Å². The minimum Gasteiger partial charge on any atom is -0.457 e. The van der Waals surface area contributed by atoms with E-state index in [1.807, 2.05) is 18.2 Å². The van der Waals surface area contributed by atoms with Crippen molar-refractivity contribution in [2.45, 2.75) is 20.5 Å². The number of hydrogen-bond donors (Lipinski definition) is 0. The van der Waals surface area contributed by atoms with E-state index in [0.717, 1.165) is 24.3 Å². The van der Waals surface area contributed by atoms with E-state index >= 15 is 0 Å². The van der Waals surface area contributed by atoms with Crippen LogP contribution in [0.3, 0.4) is 0 Å². The molecule has 15 heavy (non-hydrogen) atoms. The normalized spacial score (nSPS) is 13.6. The quantitative estimate of drug-likeness (QED) is 0.708. The molecule has 0 bridgehead atoms. The highest BCUT2D eigenvalue weighted by atomic mass is 16.5. The average molecular weight is 205 g/mol. The summed E-state index contributed by atoms with van der Waals surface area (Å²) in [5.74, 6) is -0.198. The summed E-state index contributed by atoms with van der Waals surface area (Å²) in [6.07, 6.45) is 0. The van der Waals surface area contributed by atoms with Crippen LogP contribution in [-0.2, 0) is 11.3 Å². The molecule has 1 aliphatic rings. The number of fused-ring (bicyclic) bond motifs is 1. The van der Waals surface area contributed by atoms with Gasteiger partial charge in [-0.3, -0.25) is 0 Å². The molecule has 2 rings (SSSR count). The number of rotatable bonds is 3. The van der Waals surface area contributed by atoms with Crippen molar-refractivity contribution in [3.8, 4) is 0 Å². The molecule has 0 unspecified atom stereocenters. The van der Waals surface area contributed by atoms with Gasteiger partial charge in [-0.25, -0.2) is 4.79 Å². The molecule has 0 aliphatic carbocycles. The zero-order valence-corrected chi connectivity index (χ0v) is 9.12. The third-order valence-electron chi connectivity index (χ3n) is 2.80. The fourth-order valence-corrected chi connectivity index (χ4v) is 1.91. The van der Waals surface area contributed by atoms with Crippen molar-refractivity contribution in [3.05, 3.63) is 29.3 Å². The summed E-state index contributed by atoms with van der Waals surface area (Å²) < 4.78 is 4.97. The molecule has 0 atom stereocenters. The highest BCUT2D eigenvalue weighted by Gasteiger charge is 2.21. The van der Waals surface area contributed by atoms with Crippen LogP contribution in [0.5, 0.6) is 0 Å². The van der Waals surface area contributed by atoms with Crippen LogP contribution in [0.15, 0.2) is 18.2 Å². The van der Waals surface area contributed by atoms with E-state index in [2.05, 4.69) is 18.7 Å². The molecule has 1 aliphatic heterocycles. The van der Waals surface area contributed by atoms with E-state index in [-0.39, 0.29) is 5.97 Å². The Hall–Kier alpha value is -1.51. The molecule has 3 heteroatoms. The van der Waals surface area contributed by atoms with Crippen molar-refractivity contribution in [1.82, 2.24) is 0 Å². The fraction of sp³-hybridized carbons (Fsp3) is 0.417. The maximum atomic E-state index is 11.2. The summed E-state index contributed by atoms with van der Waals surface area (Å²) in [6.45, 7) is 6.62. The molecular formula is C12H15NO2. The molecule has 0 amide bonds. The van der Waals surface area contributed by atoms with Crippen LogP contribution in [0.4, 0.5) is 5.69 Å². The van der Waals surface area contributed by atoms with Crippen LogP contribution in [0.1, 0.15) is 29.8 Å². The minimum absolute atomic E-state index is 0.198. The Balaban J connectivity index is 2.34. The molecular weight excluding hydrogens is 190 g/mol. The van der Waals surface area contributed by atoms with Crippen LogP contribution in [0.2, 0.25) is 0 Å². The number of cyclic esters (lactones) is 1. The van der Waals surface area contributed by atoms with Crippen molar-refractivity contribution in [2.75, 3.05) is 18.0 Å². The van der Waals surface area contributed by atoms with Crippen molar-refractivity contribution in [1.29, 1.82) is 0 Å². The van der Waals surface area contributed by atoms with Crippen LogP contribution < -0.4 is 4.90 Å². The molecule has 0 N–H and O–H groups in total. The number of anilines is 1. The Labute approximate surface area is 89.7 Å². The molecule has 0 saturated carbocycles. The fourth-order valence-electron chi connectivity index (χ4n) is 1.91. The smallest absolute Gasteiger partial charge is 0.338 e. The summed E-state index contributed by atoms with van der Waals surface area (Å²) in [5.41, 5.74) is 2.88. The topological polar surface area (TPSA) is 29.5 Å². The van der Waals surface area contributed by atoms with Crippen molar-refractivity contribution in [2.24, 2.45) is 0 Å². The van der Waals surface area contributed by atoms with Crippen LogP contribution in [0, 0.1) is 0 Å². The third-order valence-corrected chi connectivity index (χ3v) is 2.80. The summed E-state index contributed by atoms with van der Waals surface area (Å²) in [6, 6.07) is 5.89. The molecule has 1 aromatic carbocycles. The van der Waals surface area contributed by atoms with Gasteiger partial charge in [-0.05, 0) is 32.0 Å². The first-order chi connectivity index (χ1) is 7.26. The summed E-state index contributed by atoms with van der Waals surface area (Å²) in [4.78, 5) is 13.5. The Morgan fingerprint density at radius 2 is 2.07 bits per heavy atom. The van der Waals surface area contributed by atoms with Crippen LogP contribution in [-0.4, -0.2) is 19.1 Å². The molecule has 3 nitrogen and oxygen atoms in total. The standard InChI is InChI=1S/C12H15NO2/c1-3-13(4-2)10-5-6-11-9(7-10)8-15-12(11)14/h5-7H,3-4,8H2,1-2H3. The van der Waals surface area contributed by atoms with E-state index < -0.39 is 0 Å². The maximum absolute atomic E-state index is 11.2. The number of benzene rings is 1. The number of ether oxygens (including phenoxy) is 1. The van der Waals surface area contributed by atoms with Crippen molar-refractivity contribution < 1.29 is 9.53 Å². The van der Waals surface area contributed by atoms with Gasteiger partial charge in [-0.1, -0.05) is 0 Å². The van der Waals surface area contributed by atoms with Crippen molar-refractivity contribution in [3.63, 3.8) is 0 Å². The second-order valence-corrected chi connectivity index (χ2v) is 3.59. The second kappa shape index (κ2) is 3.93. The van der Waals surface area contributed by atoms with Crippen LogP contribution in [0.25, 0.3) is 0 Å². The maximum Gasteiger partial charge on any atom is 0.338 e. The van der Waals surface area contributed by atoms with Crippen LogP contribution >= 0.6 is 0 Å². The SMILES string of the molecule is CCN(CC)c1ccc2c(c1)COC2=O. The molecule has 0 radical (unpaired) electrons. The van der Waals surface area contributed by atoms with E-state index in [1.54, 1.807) is 0 Å². The first-order valence-electron chi connectivity index (χ1n) is 5.31. The van der Waals surface area contributed by atoms with Gasteiger partial charge in [0.05, 0.1) is 5.56 Å². The lowest BCUT2D eigenvalue weighted by Crippen LogP contribution is -2.21. The van der Waals surface area contributed by atoms with Gasteiger partial charge in [0.15, 0.2) is 0 Å². The molecule has 0 saturated heterocycles. The largest absolute Gasteiger partial charge is 0.457 e. The minimum atomic E-state index is -0.198. The summed E-state index contributed by atoms with van der Waals surface area (Å²) in [7, 11) is 0. The van der Waals surface area contributed by atoms with Gasteiger partial charge in [-0.15, -0.1) is 0 Å². The first-order valence-corrected chi connectivity index (χ1v) is 5.31. The average Bonchev–Trinajstić information content (AvgIpc) is 2.62. The van der Waals surface area contributed by atoms with Gasteiger partial charge in [0.2, 0.25) is 0 Å². The Morgan fingerprint density at radius 3 is 2.73 bits per heavy atom. The number of esters is 1. The number of carbonyl (C=O) groups is 1. The zero-order chi connectivity index (χ0) is 10.8.